The van der Waals surface area contributed by atoms with E-state index >= 15 is 0 Å². The van der Waals surface area contributed by atoms with E-state index < -0.39 is 20.0 Å². The molecule has 144 valence electrons. The third-order valence-corrected chi connectivity index (χ3v) is 7.92. The Hall–Kier alpha value is -1.71. The molecule has 27 heavy (non-hydrogen) atoms. The highest BCUT2D eigenvalue weighted by Gasteiger charge is 2.32. The van der Waals surface area contributed by atoms with Crippen LogP contribution in [-0.2, 0) is 20.0 Å². The highest BCUT2D eigenvalue weighted by Crippen LogP contribution is 2.22. The Morgan fingerprint density at radius 3 is 2.07 bits per heavy atom. The molecule has 0 amide bonds. The fraction of sp³-hybridized carbons (Fsp3) is 0.222. The summed E-state index contributed by atoms with van der Waals surface area (Å²) in [7, 11) is -7.31. The molecule has 2 aromatic carbocycles. The maximum atomic E-state index is 12.7. The van der Waals surface area contributed by atoms with Crippen molar-refractivity contribution in [2.75, 3.05) is 26.2 Å². The average molecular weight is 427 g/mol. The summed E-state index contributed by atoms with van der Waals surface area (Å²) in [6.45, 7) is 0.378. The van der Waals surface area contributed by atoms with Crippen LogP contribution in [0.15, 0.2) is 64.9 Å². The number of piperazine rings is 1. The Kier molecular flexibility index (Phi) is 6.02. The van der Waals surface area contributed by atoms with Crippen LogP contribution in [0.25, 0.3) is 6.08 Å². The van der Waals surface area contributed by atoms with Gasteiger partial charge in [-0.3, -0.25) is 0 Å². The lowest BCUT2D eigenvalue weighted by Gasteiger charge is -2.32. The van der Waals surface area contributed by atoms with Gasteiger partial charge in [0, 0.05) is 36.6 Å². The van der Waals surface area contributed by atoms with Crippen molar-refractivity contribution in [2.24, 2.45) is 0 Å². The maximum absolute atomic E-state index is 12.7. The van der Waals surface area contributed by atoms with Gasteiger partial charge in [-0.15, -0.1) is 0 Å². The van der Waals surface area contributed by atoms with Crippen molar-refractivity contribution in [3.8, 4) is 0 Å². The van der Waals surface area contributed by atoms with Crippen LogP contribution >= 0.6 is 11.6 Å². The Morgan fingerprint density at radius 2 is 1.44 bits per heavy atom. The van der Waals surface area contributed by atoms with Crippen molar-refractivity contribution < 1.29 is 16.8 Å². The molecule has 0 bridgehead atoms. The molecule has 0 aromatic heterocycles. The minimum Gasteiger partial charge on any atom is -0.208 e. The van der Waals surface area contributed by atoms with Crippen LogP contribution in [0.4, 0.5) is 0 Å². The van der Waals surface area contributed by atoms with Crippen molar-refractivity contribution in [3.63, 3.8) is 0 Å². The summed E-state index contributed by atoms with van der Waals surface area (Å²) in [6.07, 6.45) is 1.53. The highest BCUT2D eigenvalue weighted by atomic mass is 35.5. The molecule has 0 atom stereocenters. The van der Waals surface area contributed by atoms with E-state index in [1.54, 1.807) is 12.1 Å². The van der Waals surface area contributed by atoms with E-state index in [1.165, 1.54) is 26.8 Å². The van der Waals surface area contributed by atoms with Crippen LogP contribution in [0.3, 0.4) is 0 Å². The zero-order chi connectivity index (χ0) is 19.5. The Morgan fingerprint density at radius 1 is 0.815 bits per heavy atom. The largest absolute Gasteiger partial charge is 0.243 e. The molecule has 0 N–H and O–H groups in total. The monoisotopic (exact) mass is 426 g/mol. The molecule has 0 aliphatic carbocycles. The van der Waals surface area contributed by atoms with Gasteiger partial charge in [0.2, 0.25) is 20.0 Å². The van der Waals surface area contributed by atoms with E-state index in [1.807, 2.05) is 30.3 Å². The fourth-order valence-corrected chi connectivity index (χ4v) is 5.65. The number of rotatable bonds is 5. The van der Waals surface area contributed by atoms with Gasteiger partial charge < -0.3 is 0 Å². The van der Waals surface area contributed by atoms with Crippen molar-refractivity contribution in [2.45, 2.75) is 4.90 Å². The van der Waals surface area contributed by atoms with Crippen molar-refractivity contribution in [1.29, 1.82) is 0 Å². The zero-order valence-electron chi connectivity index (χ0n) is 14.4. The first-order valence-electron chi connectivity index (χ1n) is 8.28. The lowest BCUT2D eigenvalue weighted by Crippen LogP contribution is -2.49. The SMILES string of the molecule is O=S(=O)(/C=C/c1ccccc1)N1CCN(S(=O)(=O)c2cccc(Cl)c2)CC1. The van der Waals surface area contributed by atoms with Gasteiger partial charge >= 0.3 is 0 Å². The third kappa shape index (κ3) is 4.77. The zero-order valence-corrected chi connectivity index (χ0v) is 16.8. The van der Waals surface area contributed by atoms with Gasteiger partial charge in [0.05, 0.1) is 4.90 Å². The third-order valence-electron chi connectivity index (χ3n) is 4.22. The molecule has 0 unspecified atom stereocenters. The molecule has 2 aromatic rings. The summed E-state index contributed by atoms with van der Waals surface area (Å²) in [5, 5.41) is 1.49. The molecule has 1 saturated heterocycles. The average Bonchev–Trinajstić information content (AvgIpc) is 2.67. The van der Waals surface area contributed by atoms with Gasteiger partial charge in [-0.2, -0.15) is 8.61 Å². The van der Waals surface area contributed by atoms with Gasteiger partial charge in [-0.05, 0) is 29.8 Å². The van der Waals surface area contributed by atoms with Gasteiger partial charge in [0.1, 0.15) is 0 Å². The molecule has 1 aliphatic heterocycles. The summed E-state index contributed by atoms with van der Waals surface area (Å²) >= 11 is 5.88. The fourth-order valence-electron chi connectivity index (χ4n) is 2.76. The van der Waals surface area contributed by atoms with Crippen LogP contribution in [0.5, 0.6) is 0 Å². The second-order valence-electron chi connectivity index (χ2n) is 6.02. The maximum Gasteiger partial charge on any atom is 0.243 e. The molecule has 3 rings (SSSR count). The minimum atomic E-state index is -3.70. The molecule has 1 aliphatic rings. The first-order valence-corrected chi connectivity index (χ1v) is 11.6. The Balaban J connectivity index is 1.68. The summed E-state index contributed by atoms with van der Waals surface area (Å²) in [5.74, 6) is 0. The number of hydrogen-bond donors (Lipinski definition) is 0. The Labute approximate surface area is 164 Å². The quantitative estimate of drug-likeness (QED) is 0.736. The van der Waals surface area contributed by atoms with Gasteiger partial charge in [-0.1, -0.05) is 48.0 Å². The standard InChI is InChI=1S/C18H19ClN2O4S2/c19-17-7-4-8-18(15-17)27(24,25)21-12-10-20(11-13-21)26(22,23)14-9-16-5-2-1-3-6-16/h1-9,14-15H,10-13H2/b14-9+. The molecule has 9 heteroatoms. The van der Waals surface area contributed by atoms with Crippen LogP contribution in [0.1, 0.15) is 5.56 Å². The first kappa shape index (κ1) is 20.0. The van der Waals surface area contributed by atoms with Crippen LogP contribution in [-0.4, -0.2) is 51.6 Å². The van der Waals surface area contributed by atoms with Crippen LogP contribution in [0, 0.1) is 0 Å². The van der Waals surface area contributed by atoms with Gasteiger partial charge in [0.15, 0.2) is 0 Å². The molecule has 1 fully saturated rings. The second kappa shape index (κ2) is 8.12. The molecule has 0 saturated carbocycles. The van der Waals surface area contributed by atoms with E-state index in [9.17, 15) is 16.8 Å². The summed E-state index contributed by atoms with van der Waals surface area (Å²) in [6, 6.07) is 15.2. The highest BCUT2D eigenvalue weighted by molar-refractivity contribution is 7.92. The van der Waals surface area contributed by atoms with E-state index in [0.29, 0.717) is 5.02 Å². The molecule has 6 nitrogen and oxygen atoms in total. The van der Waals surface area contributed by atoms with Crippen molar-refractivity contribution >= 4 is 37.7 Å². The van der Waals surface area contributed by atoms with E-state index in [4.69, 9.17) is 11.6 Å². The van der Waals surface area contributed by atoms with Crippen LogP contribution < -0.4 is 0 Å². The van der Waals surface area contributed by atoms with E-state index in [-0.39, 0.29) is 31.1 Å². The number of nitrogens with zero attached hydrogens (tertiary/aromatic N) is 2. The normalized spacial score (nSPS) is 17.4. The molecular weight excluding hydrogens is 408 g/mol. The summed E-state index contributed by atoms with van der Waals surface area (Å²) in [5.41, 5.74) is 0.781. The minimum absolute atomic E-state index is 0.0905. The predicted octanol–water partition coefficient (Wildman–Crippen LogP) is 2.65. The Bertz CT molecular complexity index is 1030. The van der Waals surface area contributed by atoms with E-state index in [0.717, 1.165) is 11.0 Å². The number of benzene rings is 2. The summed E-state index contributed by atoms with van der Waals surface area (Å²) in [4.78, 5) is 0.107. The van der Waals surface area contributed by atoms with Crippen LogP contribution in [0.2, 0.25) is 5.02 Å². The second-order valence-corrected chi connectivity index (χ2v) is 10.2. The van der Waals surface area contributed by atoms with Gasteiger partial charge in [0.25, 0.3) is 0 Å². The predicted molar refractivity (Wildman–Crippen MR) is 106 cm³/mol. The van der Waals surface area contributed by atoms with Crippen molar-refractivity contribution in [1.82, 2.24) is 8.61 Å². The lowest BCUT2D eigenvalue weighted by atomic mass is 10.2. The number of sulfonamides is 2. The molecular formula is C18H19ClN2O4S2. The lowest BCUT2D eigenvalue weighted by molar-refractivity contribution is 0.275. The molecule has 0 spiro atoms. The summed E-state index contributed by atoms with van der Waals surface area (Å²) < 4.78 is 52.9. The van der Waals surface area contributed by atoms with Crippen molar-refractivity contribution in [3.05, 3.63) is 70.6 Å². The number of halogens is 1. The van der Waals surface area contributed by atoms with E-state index in [2.05, 4.69) is 0 Å². The first-order chi connectivity index (χ1) is 12.8. The topological polar surface area (TPSA) is 74.8 Å². The molecule has 0 radical (unpaired) electrons. The molecule has 1 heterocycles. The number of hydrogen-bond acceptors (Lipinski definition) is 4. The smallest absolute Gasteiger partial charge is 0.208 e. The van der Waals surface area contributed by atoms with Gasteiger partial charge in [-0.25, -0.2) is 16.8 Å².